The zero-order chi connectivity index (χ0) is 25.8. The summed E-state index contributed by atoms with van der Waals surface area (Å²) in [5.41, 5.74) is 4.68. The first-order valence-electron chi connectivity index (χ1n) is 11.6. The number of benzene rings is 2. The number of nitrogens with zero attached hydrogens (tertiary/aromatic N) is 3. The van der Waals surface area contributed by atoms with Crippen LogP contribution < -0.4 is 19.5 Å². The number of rotatable bonds is 10. The standard InChI is InChI=1S/C27H26N4O4S2/c1-33-21-7-4-17(5-8-21)22-14-31-20(16-37-27(31)30-22)13-25(32)28-11-10-19-15-36-26(29-19)18-6-9-23(34-2)24(12-18)35-3/h4-9,12,14-16H,10-11,13H2,1-3H3,(H,28,32). The van der Waals surface area contributed by atoms with E-state index in [1.807, 2.05) is 63.8 Å². The van der Waals surface area contributed by atoms with E-state index in [2.05, 4.69) is 5.32 Å². The molecule has 5 rings (SSSR count). The molecule has 0 fully saturated rings. The van der Waals surface area contributed by atoms with Crippen LogP contribution in [-0.4, -0.2) is 48.1 Å². The molecule has 190 valence electrons. The number of hydrogen-bond acceptors (Lipinski definition) is 8. The number of aromatic nitrogens is 3. The van der Waals surface area contributed by atoms with E-state index in [0.717, 1.165) is 43.9 Å². The minimum absolute atomic E-state index is 0.0326. The summed E-state index contributed by atoms with van der Waals surface area (Å²) in [6.45, 7) is 0.516. The molecule has 0 atom stereocenters. The van der Waals surface area contributed by atoms with E-state index < -0.39 is 0 Å². The Morgan fingerprint density at radius 1 is 0.919 bits per heavy atom. The van der Waals surface area contributed by atoms with Crippen LogP contribution in [0.3, 0.4) is 0 Å². The molecular formula is C27H26N4O4S2. The first kappa shape index (κ1) is 24.8. The maximum absolute atomic E-state index is 12.7. The maximum Gasteiger partial charge on any atom is 0.225 e. The van der Waals surface area contributed by atoms with Gasteiger partial charge in [0.25, 0.3) is 0 Å². The van der Waals surface area contributed by atoms with Gasteiger partial charge in [-0.1, -0.05) is 0 Å². The van der Waals surface area contributed by atoms with Gasteiger partial charge in [0.2, 0.25) is 5.91 Å². The van der Waals surface area contributed by atoms with E-state index in [1.54, 1.807) is 32.7 Å². The lowest BCUT2D eigenvalue weighted by Crippen LogP contribution is -2.27. The van der Waals surface area contributed by atoms with Gasteiger partial charge >= 0.3 is 0 Å². The van der Waals surface area contributed by atoms with E-state index in [-0.39, 0.29) is 12.3 Å². The predicted octanol–water partition coefficient (Wildman–Crippen LogP) is 5.11. The van der Waals surface area contributed by atoms with Crippen LogP contribution in [-0.2, 0) is 17.6 Å². The molecule has 1 amide bonds. The minimum atomic E-state index is -0.0326. The maximum atomic E-state index is 12.7. The first-order valence-corrected chi connectivity index (χ1v) is 13.4. The number of carbonyl (C=O) groups excluding carboxylic acids is 1. The van der Waals surface area contributed by atoms with Crippen LogP contribution >= 0.6 is 22.7 Å². The van der Waals surface area contributed by atoms with Gasteiger partial charge in [0.1, 0.15) is 10.8 Å². The Bertz CT molecular complexity index is 1520. The van der Waals surface area contributed by atoms with Gasteiger partial charge in [0, 0.05) is 46.7 Å². The summed E-state index contributed by atoms with van der Waals surface area (Å²) in [7, 11) is 4.88. The normalized spacial score (nSPS) is 11.0. The molecule has 2 aromatic carbocycles. The number of hydrogen-bond donors (Lipinski definition) is 1. The molecular weight excluding hydrogens is 508 g/mol. The largest absolute Gasteiger partial charge is 0.497 e. The molecule has 37 heavy (non-hydrogen) atoms. The Kier molecular flexibility index (Phi) is 7.38. The van der Waals surface area contributed by atoms with Crippen molar-refractivity contribution in [2.75, 3.05) is 27.9 Å². The van der Waals surface area contributed by atoms with Crippen molar-refractivity contribution in [3.05, 3.63) is 70.8 Å². The second kappa shape index (κ2) is 11.0. The molecule has 0 saturated carbocycles. The van der Waals surface area contributed by atoms with Crippen molar-refractivity contribution in [3.63, 3.8) is 0 Å². The average Bonchev–Trinajstić information content (AvgIpc) is 3.66. The molecule has 10 heteroatoms. The Balaban J connectivity index is 1.17. The molecule has 5 aromatic rings. The summed E-state index contributed by atoms with van der Waals surface area (Å²) < 4.78 is 17.9. The van der Waals surface area contributed by atoms with Crippen molar-refractivity contribution in [3.8, 4) is 39.1 Å². The SMILES string of the molecule is COc1ccc(-c2cn3c(CC(=O)NCCc4csc(-c5ccc(OC)c(OC)c5)n4)csc3n2)cc1. The van der Waals surface area contributed by atoms with Gasteiger partial charge in [-0.15, -0.1) is 22.7 Å². The number of carbonyl (C=O) groups is 1. The lowest BCUT2D eigenvalue weighted by atomic mass is 10.2. The van der Waals surface area contributed by atoms with Crippen LogP contribution in [0, 0.1) is 0 Å². The number of nitrogens with one attached hydrogen (secondary N) is 1. The van der Waals surface area contributed by atoms with E-state index in [1.165, 1.54) is 11.3 Å². The van der Waals surface area contributed by atoms with E-state index in [4.69, 9.17) is 24.2 Å². The number of fused-ring (bicyclic) bond motifs is 1. The average molecular weight is 535 g/mol. The molecule has 3 aromatic heterocycles. The second-order valence-corrected chi connectivity index (χ2v) is 9.92. The van der Waals surface area contributed by atoms with Gasteiger partial charge in [-0.3, -0.25) is 9.20 Å². The monoisotopic (exact) mass is 534 g/mol. The third-order valence-corrected chi connectivity index (χ3v) is 7.73. The van der Waals surface area contributed by atoms with Gasteiger partial charge in [-0.2, -0.15) is 0 Å². The fraction of sp³-hybridized carbons (Fsp3) is 0.222. The minimum Gasteiger partial charge on any atom is -0.497 e. The highest BCUT2D eigenvalue weighted by Gasteiger charge is 2.14. The van der Waals surface area contributed by atoms with Crippen molar-refractivity contribution in [1.82, 2.24) is 19.7 Å². The molecule has 1 N–H and O–H groups in total. The Hall–Kier alpha value is -3.89. The smallest absolute Gasteiger partial charge is 0.225 e. The van der Waals surface area contributed by atoms with Crippen molar-refractivity contribution in [1.29, 1.82) is 0 Å². The molecule has 0 aliphatic carbocycles. The number of imidazole rings is 1. The fourth-order valence-corrected chi connectivity index (χ4v) is 5.66. The summed E-state index contributed by atoms with van der Waals surface area (Å²) in [6, 6.07) is 13.5. The lowest BCUT2D eigenvalue weighted by Gasteiger charge is -2.08. The highest BCUT2D eigenvalue weighted by atomic mass is 32.1. The molecule has 0 spiro atoms. The van der Waals surface area contributed by atoms with Gasteiger partial charge < -0.3 is 19.5 Å². The van der Waals surface area contributed by atoms with Crippen LogP contribution in [0.4, 0.5) is 0 Å². The Morgan fingerprint density at radius 2 is 1.70 bits per heavy atom. The zero-order valence-electron chi connectivity index (χ0n) is 20.7. The molecule has 0 bridgehead atoms. The number of amides is 1. The van der Waals surface area contributed by atoms with Gasteiger partial charge in [-0.05, 0) is 42.5 Å². The van der Waals surface area contributed by atoms with Gasteiger partial charge in [-0.25, -0.2) is 9.97 Å². The fourth-order valence-electron chi connectivity index (χ4n) is 3.94. The summed E-state index contributed by atoms with van der Waals surface area (Å²) in [4.78, 5) is 22.9. The summed E-state index contributed by atoms with van der Waals surface area (Å²) >= 11 is 3.09. The van der Waals surface area contributed by atoms with E-state index in [0.29, 0.717) is 24.5 Å². The molecule has 8 nitrogen and oxygen atoms in total. The number of methoxy groups -OCH3 is 3. The molecule has 0 aliphatic rings. The van der Waals surface area contributed by atoms with E-state index in [9.17, 15) is 4.79 Å². The Labute approximate surface area is 222 Å². The highest BCUT2D eigenvalue weighted by molar-refractivity contribution is 7.15. The van der Waals surface area contributed by atoms with Crippen molar-refractivity contribution in [2.45, 2.75) is 12.8 Å². The molecule has 3 heterocycles. The quantitative estimate of drug-likeness (QED) is 0.268. The van der Waals surface area contributed by atoms with Crippen LogP contribution in [0.25, 0.3) is 26.8 Å². The highest BCUT2D eigenvalue weighted by Crippen LogP contribution is 2.33. The van der Waals surface area contributed by atoms with Gasteiger partial charge in [0.05, 0.1) is 39.1 Å². The molecule has 0 unspecified atom stereocenters. The first-order chi connectivity index (χ1) is 18.1. The lowest BCUT2D eigenvalue weighted by molar-refractivity contribution is -0.120. The zero-order valence-corrected chi connectivity index (χ0v) is 22.3. The third kappa shape index (κ3) is 5.45. The third-order valence-electron chi connectivity index (χ3n) is 5.90. The Morgan fingerprint density at radius 3 is 2.46 bits per heavy atom. The topological polar surface area (TPSA) is 87.0 Å². The van der Waals surface area contributed by atoms with Gasteiger partial charge in [0.15, 0.2) is 16.5 Å². The van der Waals surface area contributed by atoms with Crippen molar-refractivity contribution in [2.24, 2.45) is 0 Å². The molecule has 0 saturated heterocycles. The van der Waals surface area contributed by atoms with Crippen LogP contribution in [0.5, 0.6) is 17.2 Å². The van der Waals surface area contributed by atoms with Crippen LogP contribution in [0.2, 0.25) is 0 Å². The van der Waals surface area contributed by atoms with Crippen molar-refractivity contribution >= 4 is 33.5 Å². The van der Waals surface area contributed by atoms with Crippen LogP contribution in [0.15, 0.2) is 59.4 Å². The second-order valence-electron chi connectivity index (χ2n) is 8.22. The predicted molar refractivity (Wildman–Crippen MR) is 146 cm³/mol. The van der Waals surface area contributed by atoms with E-state index >= 15 is 0 Å². The molecule has 0 radical (unpaired) electrons. The van der Waals surface area contributed by atoms with Crippen molar-refractivity contribution < 1.29 is 19.0 Å². The number of ether oxygens (including phenoxy) is 3. The summed E-state index contributed by atoms with van der Waals surface area (Å²) in [5, 5.41) is 7.91. The summed E-state index contributed by atoms with van der Waals surface area (Å²) in [5.74, 6) is 2.12. The van der Waals surface area contributed by atoms with Crippen LogP contribution in [0.1, 0.15) is 11.4 Å². The number of thiazole rings is 2. The summed E-state index contributed by atoms with van der Waals surface area (Å²) in [6.07, 6.45) is 2.91. The molecule has 0 aliphatic heterocycles.